The average molecular weight is 449 g/mol. The minimum atomic E-state index is -0.450. The highest BCUT2D eigenvalue weighted by molar-refractivity contribution is 5.56. The SMILES string of the molecule is C=CC(C)(C)c1cc(C2CC(c3ccc(O)cc3)NN2c2ccc(F)cc2)c(OC)cc1O. The van der Waals surface area contributed by atoms with Crippen LogP contribution in [-0.4, -0.2) is 17.3 Å². The topological polar surface area (TPSA) is 65.0 Å². The monoisotopic (exact) mass is 448 g/mol. The highest BCUT2D eigenvalue weighted by Crippen LogP contribution is 2.46. The summed E-state index contributed by atoms with van der Waals surface area (Å²) < 4.78 is 19.3. The summed E-state index contributed by atoms with van der Waals surface area (Å²) in [6, 6.07) is 16.8. The van der Waals surface area contributed by atoms with Gasteiger partial charge in [-0.05, 0) is 54.4 Å². The molecule has 2 unspecified atom stereocenters. The molecule has 1 fully saturated rings. The Balaban J connectivity index is 1.83. The maximum atomic E-state index is 13.6. The van der Waals surface area contributed by atoms with E-state index in [0.29, 0.717) is 12.2 Å². The Morgan fingerprint density at radius 2 is 1.76 bits per heavy atom. The van der Waals surface area contributed by atoms with Crippen LogP contribution in [0.5, 0.6) is 17.2 Å². The number of benzene rings is 3. The number of methoxy groups -OCH3 is 1. The number of anilines is 1. The first-order valence-electron chi connectivity index (χ1n) is 10.9. The first-order chi connectivity index (χ1) is 15.7. The minimum Gasteiger partial charge on any atom is -0.508 e. The summed E-state index contributed by atoms with van der Waals surface area (Å²) in [6.45, 7) is 7.92. The van der Waals surface area contributed by atoms with Crippen molar-refractivity contribution in [2.45, 2.75) is 37.8 Å². The number of halogens is 1. The molecule has 1 heterocycles. The van der Waals surface area contributed by atoms with Crippen molar-refractivity contribution in [3.05, 3.63) is 95.8 Å². The van der Waals surface area contributed by atoms with Gasteiger partial charge >= 0.3 is 0 Å². The van der Waals surface area contributed by atoms with E-state index in [0.717, 1.165) is 22.4 Å². The summed E-state index contributed by atoms with van der Waals surface area (Å²) in [5.41, 5.74) is 6.57. The number of allylic oxidation sites excluding steroid dienone is 1. The van der Waals surface area contributed by atoms with Crippen molar-refractivity contribution in [3.8, 4) is 17.2 Å². The fourth-order valence-corrected chi connectivity index (χ4v) is 4.33. The molecule has 172 valence electrons. The number of nitrogens with zero attached hydrogens (tertiary/aromatic N) is 1. The summed E-state index contributed by atoms with van der Waals surface area (Å²) in [5, 5.41) is 22.4. The van der Waals surface area contributed by atoms with Crippen LogP contribution in [0.4, 0.5) is 10.1 Å². The Morgan fingerprint density at radius 1 is 1.09 bits per heavy atom. The van der Waals surface area contributed by atoms with E-state index in [9.17, 15) is 14.6 Å². The molecule has 3 aromatic rings. The molecular formula is C27H29FN2O3. The van der Waals surface area contributed by atoms with Gasteiger partial charge in [-0.3, -0.25) is 0 Å². The maximum absolute atomic E-state index is 13.6. The Labute approximate surface area is 193 Å². The van der Waals surface area contributed by atoms with E-state index in [4.69, 9.17) is 4.74 Å². The lowest BCUT2D eigenvalue weighted by atomic mass is 9.82. The van der Waals surface area contributed by atoms with Crippen molar-refractivity contribution in [1.82, 2.24) is 5.43 Å². The van der Waals surface area contributed by atoms with Crippen LogP contribution < -0.4 is 15.2 Å². The molecule has 4 rings (SSSR count). The van der Waals surface area contributed by atoms with Crippen LogP contribution in [-0.2, 0) is 5.41 Å². The van der Waals surface area contributed by atoms with E-state index in [1.54, 1.807) is 37.4 Å². The molecule has 33 heavy (non-hydrogen) atoms. The van der Waals surface area contributed by atoms with Crippen molar-refractivity contribution in [2.24, 2.45) is 0 Å². The molecule has 0 aromatic heterocycles. The number of phenolic OH excluding ortho intramolecular Hbond substituents is 2. The van der Waals surface area contributed by atoms with Crippen LogP contribution >= 0.6 is 0 Å². The molecule has 1 saturated heterocycles. The molecule has 0 aliphatic carbocycles. The van der Waals surface area contributed by atoms with Gasteiger partial charge in [0, 0.05) is 22.6 Å². The third kappa shape index (κ3) is 4.39. The third-order valence-corrected chi connectivity index (χ3v) is 6.38. The second-order valence-corrected chi connectivity index (χ2v) is 8.91. The van der Waals surface area contributed by atoms with Gasteiger partial charge in [0.25, 0.3) is 0 Å². The molecule has 0 bridgehead atoms. The van der Waals surface area contributed by atoms with E-state index in [1.807, 2.05) is 43.1 Å². The van der Waals surface area contributed by atoms with Gasteiger partial charge in [-0.15, -0.1) is 6.58 Å². The number of nitrogens with one attached hydrogen (secondary N) is 1. The zero-order valence-electron chi connectivity index (χ0n) is 19.0. The second kappa shape index (κ2) is 8.79. The molecular weight excluding hydrogens is 419 g/mol. The summed E-state index contributed by atoms with van der Waals surface area (Å²) >= 11 is 0. The fourth-order valence-electron chi connectivity index (χ4n) is 4.33. The third-order valence-electron chi connectivity index (χ3n) is 6.38. The van der Waals surface area contributed by atoms with Crippen molar-refractivity contribution in [1.29, 1.82) is 0 Å². The Hall–Kier alpha value is -3.51. The smallest absolute Gasteiger partial charge is 0.127 e. The molecule has 0 saturated carbocycles. The van der Waals surface area contributed by atoms with E-state index >= 15 is 0 Å². The summed E-state index contributed by atoms with van der Waals surface area (Å²) in [7, 11) is 1.58. The second-order valence-electron chi connectivity index (χ2n) is 8.91. The number of hydrazine groups is 1. The number of ether oxygens (including phenoxy) is 1. The van der Waals surface area contributed by atoms with Crippen LogP contribution in [0.3, 0.4) is 0 Å². The predicted octanol–water partition coefficient (Wildman–Crippen LogP) is 5.91. The van der Waals surface area contributed by atoms with Crippen molar-refractivity contribution < 1.29 is 19.3 Å². The van der Waals surface area contributed by atoms with Crippen LogP contribution in [0.15, 0.2) is 73.3 Å². The van der Waals surface area contributed by atoms with Gasteiger partial charge in [0.2, 0.25) is 0 Å². The van der Waals surface area contributed by atoms with Gasteiger partial charge in [-0.2, -0.15) is 0 Å². The van der Waals surface area contributed by atoms with Crippen molar-refractivity contribution in [3.63, 3.8) is 0 Å². The van der Waals surface area contributed by atoms with E-state index in [2.05, 4.69) is 12.0 Å². The zero-order valence-corrected chi connectivity index (χ0v) is 19.0. The molecule has 6 heteroatoms. The number of rotatable bonds is 6. The quantitative estimate of drug-likeness (QED) is 0.410. The largest absolute Gasteiger partial charge is 0.508 e. The molecule has 0 spiro atoms. The highest BCUT2D eigenvalue weighted by Gasteiger charge is 2.37. The molecule has 3 N–H and O–H groups in total. The molecule has 5 nitrogen and oxygen atoms in total. The van der Waals surface area contributed by atoms with Crippen molar-refractivity contribution >= 4 is 5.69 Å². The lowest BCUT2D eigenvalue weighted by Gasteiger charge is -2.30. The number of hydrogen-bond donors (Lipinski definition) is 3. The fraction of sp³-hybridized carbons (Fsp3) is 0.259. The lowest BCUT2D eigenvalue weighted by molar-refractivity contribution is 0.395. The maximum Gasteiger partial charge on any atom is 0.127 e. The molecule has 2 atom stereocenters. The predicted molar refractivity (Wildman–Crippen MR) is 128 cm³/mol. The zero-order chi connectivity index (χ0) is 23.8. The first-order valence-corrected chi connectivity index (χ1v) is 10.9. The molecule has 3 aromatic carbocycles. The Bertz CT molecular complexity index is 1140. The van der Waals surface area contributed by atoms with E-state index < -0.39 is 5.41 Å². The molecule has 0 amide bonds. The molecule has 0 radical (unpaired) electrons. The number of aromatic hydroxyl groups is 2. The van der Waals surface area contributed by atoms with Gasteiger partial charge in [0.1, 0.15) is 23.1 Å². The number of phenols is 2. The molecule has 1 aliphatic rings. The van der Waals surface area contributed by atoms with Gasteiger partial charge in [-0.25, -0.2) is 9.82 Å². The van der Waals surface area contributed by atoms with Crippen LogP contribution in [0.1, 0.15) is 49.0 Å². The Kier molecular flexibility index (Phi) is 6.04. The normalized spacial score (nSPS) is 18.4. The van der Waals surface area contributed by atoms with Crippen LogP contribution in [0.25, 0.3) is 0 Å². The van der Waals surface area contributed by atoms with Crippen molar-refractivity contribution in [2.75, 3.05) is 12.1 Å². The standard InChI is InChI=1S/C27H29FN2O3/c1-5-27(2,3)22-14-21(26(33-4)16-25(22)32)24-15-23(17-6-12-20(31)13-7-17)29-30(24)19-10-8-18(28)9-11-19/h5-14,16,23-24,29,31-32H,1,15H2,2-4H3. The highest BCUT2D eigenvalue weighted by atomic mass is 19.1. The molecule has 1 aliphatic heterocycles. The minimum absolute atomic E-state index is 0.0463. The van der Waals surface area contributed by atoms with E-state index in [1.165, 1.54) is 12.1 Å². The van der Waals surface area contributed by atoms with Crippen LogP contribution in [0, 0.1) is 5.82 Å². The van der Waals surface area contributed by atoms with E-state index in [-0.39, 0.29) is 29.4 Å². The van der Waals surface area contributed by atoms with Gasteiger partial charge < -0.3 is 20.0 Å². The lowest BCUT2D eigenvalue weighted by Crippen LogP contribution is -2.34. The Morgan fingerprint density at radius 3 is 2.36 bits per heavy atom. The summed E-state index contributed by atoms with van der Waals surface area (Å²) in [6.07, 6.45) is 2.50. The first kappa shape index (κ1) is 22.7. The number of hydrogen-bond acceptors (Lipinski definition) is 5. The average Bonchev–Trinajstić information content (AvgIpc) is 3.24. The van der Waals surface area contributed by atoms with Gasteiger partial charge in [-0.1, -0.05) is 32.1 Å². The summed E-state index contributed by atoms with van der Waals surface area (Å²) in [4.78, 5) is 0. The van der Waals surface area contributed by atoms with Crippen LogP contribution in [0.2, 0.25) is 0 Å². The summed E-state index contributed by atoms with van der Waals surface area (Å²) in [5.74, 6) is 0.623. The van der Waals surface area contributed by atoms with Gasteiger partial charge in [0.15, 0.2) is 0 Å². The van der Waals surface area contributed by atoms with Gasteiger partial charge in [0.05, 0.1) is 24.9 Å².